The smallest absolute Gasteiger partial charge is 0.344 e. The molecule has 0 bridgehead atoms. The Labute approximate surface area is 176 Å². The van der Waals surface area contributed by atoms with E-state index in [1.807, 2.05) is 80.6 Å². The zero-order valence-electron chi connectivity index (χ0n) is 17.3. The summed E-state index contributed by atoms with van der Waals surface area (Å²) >= 11 is 0. The third kappa shape index (κ3) is 5.47. The van der Waals surface area contributed by atoms with E-state index in [0.29, 0.717) is 11.4 Å². The summed E-state index contributed by atoms with van der Waals surface area (Å²) in [4.78, 5) is 24.7. The summed E-state index contributed by atoms with van der Waals surface area (Å²) in [5, 5.41) is 2.84. The molecule has 1 atom stereocenters. The molecule has 0 aliphatic heterocycles. The molecule has 3 aromatic rings. The lowest BCUT2D eigenvalue weighted by atomic mass is 10.0. The van der Waals surface area contributed by atoms with Crippen molar-refractivity contribution in [2.45, 2.75) is 26.9 Å². The summed E-state index contributed by atoms with van der Waals surface area (Å²) in [7, 11) is 0. The van der Waals surface area contributed by atoms with Crippen LogP contribution in [0.1, 0.15) is 18.1 Å². The van der Waals surface area contributed by atoms with Gasteiger partial charge in [-0.3, -0.25) is 4.79 Å². The number of hydrogen-bond acceptors (Lipinski definition) is 4. The number of carbonyl (C=O) groups excluding carboxylic acids is 2. The van der Waals surface area contributed by atoms with E-state index >= 15 is 0 Å². The van der Waals surface area contributed by atoms with Gasteiger partial charge in [0.1, 0.15) is 5.75 Å². The molecule has 154 valence electrons. The Hall–Kier alpha value is -3.60. The van der Waals surface area contributed by atoms with Gasteiger partial charge in [-0.1, -0.05) is 54.6 Å². The van der Waals surface area contributed by atoms with Crippen LogP contribution in [0, 0.1) is 13.8 Å². The van der Waals surface area contributed by atoms with Gasteiger partial charge >= 0.3 is 5.97 Å². The Kier molecular flexibility index (Phi) is 6.86. The molecule has 1 amide bonds. The predicted molar refractivity (Wildman–Crippen MR) is 117 cm³/mol. The maximum absolute atomic E-state index is 12.6. The van der Waals surface area contributed by atoms with Crippen molar-refractivity contribution in [1.29, 1.82) is 0 Å². The van der Waals surface area contributed by atoms with Gasteiger partial charge in [-0.15, -0.1) is 0 Å². The zero-order chi connectivity index (χ0) is 21.5. The third-order valence-corrected chi connectivity index (χ3v) is 4.78. The van der Waals surface area contributed by atoms with Crippen molar-refractivity contribution < 1.29 is 19.1 Å². The van der Waals surface area contributed by atoms with Crippen LogP contribution in [0.3, 0.4) is 0 Å². The van der Waals surface area contributed by atoms with Crippen molar-refractivity contribution in [3.8, 4) is 16.9 Å². The molecule has 1 unspecified atom stereocenters. The average molecular weight is 403 g/mol. The minimum atomic E-state index is -0.954. The Morgan fingerprint density at radius 2 is 1.60 bits per heavy atom. The highest BCUT2D eigenvalue weighted by atomic mass is 16.6. The van der Waals surface area contributed by atoms with E-state index in [0.717, 1.165) is 22.3 Å². The molecular weight excluding hydrogens is 378 g/mol. The first-order valence-corrected chi connectivity index (χ1v) is 9.79. The van der Waals surface area contributed by atoms with E-state index in [9.17, 15) is 9.59 Å². The van der Waals surface area contributed by atoms with Crippen LogP contribution in [0.25, 0.3) is 11.1 Å². The molecule has 0 saturated heterocycles. The average Bonchev–Trinajstić information content (AvgIpc) is 2.75. The van der Waals surface area contributed by atoms with Crippen LogP contribution in [0.4, 0.5) is 5.69 Å². The minimum absolute atomic E-state index is 0.263. The van der Waals surface area contributed by atoms with Gasteiger partial charge in [-0.25, -0.2) is 4.79 Å². The summed E-state index contributed by atoms with van der Waals surface area (Å²) in [6, 6.07) is 22.8. The molecule has 0 spiro atoms. The number of ether oxygens (including phenoxy) is 2. The maximum Gasteiger partial charge on any atom is 0.344 e. The molecule has 0 aliphatic rings. The van der Waals surface area contributed by atoms with E-state index in [1.54, 1.807) is 6.07 Å². The van der Waals surface area contributed by atoms with Crippen LogP contribution in [0.5, 0.6) is 5.75 Å². The number of para-hydroxylation sites is 1. The van der Waals surface area contributed by atoms with E-state index in [4.69, 9.17) is 9.47 Å². The van der Waals surface area contributed by atoms with Gasteiger partial charge in [0, 0.05) is 11.3 Å². The number of amides is 1. The summed E-state index contributed by atoms with van der Waals surface area (Å²) in [5.74, 6) is -0.422. The quantitative estimate of drug-likeness (QED) is 0.569. The van der Waals surface area contributed by atoms with Crippen molar-refractivity contribution in [2.75, 3.05) is 11.9 Å². The minimum Gasteiger partial charge on any atom is -0.482 e. The fourth-order valence-corrected chi connectivity index (χ4v) is 2.93. The Bertz CT molecular complexity index is 1030. The van der Waals surface area contributed by atoms with Gasteiger partial charge in [-0.05, 0) is 55.7 Å². The number of benzene rings is 3. The molecule has 0 fully saturated rings. The molecule has 3 aromatic carbocycles. The van der Waals surface area contributed by atoms with Crippen molar-refractivity contribution in [3.05, 3.63) is 83.9 Å². The summed E-state index contributed by atoms with van der Waals surface area (Å²) in [5.41, 5.74) is 4.75. The van der Waals surface area contributed by atoms with Crippen LogP contribution in [0.15, 0.2) is 72.8 Å². The largest absolute Gasteiger partial charge is 0.482 e. The molecule has 3 rings (SSSR count). The monoisotopic (exact) mass is 403 g/mol. The lowest BCUT2D eigenvalue weighted by molar-refractivity contribution is -0.155. The maximum atomic E-state index is 12.6. The highest BCUT2D eigenvalue weighted by Crippen LogP contribution is 2.27. The Balaban J connectivity index is 1.57. The molecule has 1 N–H and O–H groups in total. The Morgan fingerprint density at radius 1 is 0.900 bits per heavy atom. The van der Waals surface area contributed by atoms with E-state index in [1.165, 1.54) is 6.92 Å². The third-order valence-electron chi connectivity index (χ3n) is 4.78. The fourth-order valence-electron chi connectivity index (χ4n) is 2.93. The van der Waals surface area contributed by atoms with Gasteiger partial charge in [0.2, 0.25) is 0 Å². The molecule has 0 saturated carbocycles. The number of anilines is 1. The zero-order valence-corrected chi connectivity index (χ0v) is 17.3. The number of aryl methyl sites for hydroxylation is 2. The van der Waals surface area contributed by atoms with Crippen LogP contribution in [-0.4, -0.2) is 24.6 Å². The van der Waals surface area contributed by atoms with Crippen LogP contribution in [0.2, 0.25) is 0 Å². The number of hydrogen-bond donors (Lipinski definition) is 1. The lowest BCUT2D eigenvalue weighted by Gasteiger charge is -2.16. The second-order valence-electron chi connectivity index (χ2n) is 7.07. The van der Waals surface area contributed by atoms with Gasteiger partial charge in [-0.2, -0.15) is 0 Å². The first kappa shape index (κ1) is 21.1. The fraction of sp³-hybridized carbons (Fsp3) is 0.200. The van der Waals surface area contributed by atoms with Crippen molar-refractivity contribution >= 4 is 17.6 Å². The highest BCUT2D eigenvalue weighted by molar-refractivity contribution is 5.98. The van der Waals surface area contributed by atoms with Crippen LogP contribution >= 0.6 is 0 Å². The van der Waals surface area contributed by atoms with E-state index in [-0.39, 0.29) is 6.61 Å². The number of nitrogens with one attached hydrogen (secondary N) is 1. The number of rotatable bonds is 7. The van der Waals surface area contributed by atoms with E-state index in [2.05, 4.69) is 5.32 Å². The number of esters is 1. The first-order valence-electron chi connectivity index (χ1n) is 9.79. The molecule has 0 aliphatic carbocycles. The Morgan fingerprint density at radius 3 is 2.33 bits per heavy atom. The van der Waals surface area contributed by atoms with Gasteiger partial charge in [0.15, 0.2) is 12.7 Å². The molecule has 0 radical (unpaired) electrons. The normalized spacial score (nSPS) is 11.4. The van der Waals surface area contributed by atoms with Gasteiger partial charge < -0.3 is 14.8 Å². The standard InChI is InChI=1S/C25H25NO4/c1-17-13-14-21(15-18(17)2)29-16-24(27)30-19(3)25(28)26-23-12-8-7-11-22(23)20-9-5-4-6-10-20/h4-15,19H,16H2,1-3H3,(H,26,28). The SMILES string of the molecule is Cc1ccc(OCC(=O)OC(C)C(=O)Nc2ccccc2-c2ccccc2)cc1C. The van der Waals surface area contributed by atoms with Crippen LogP contribution in [-0.2, 0) is 14.3 Å². The molecule has 30 heavy (non-hydrogen) atoms. The van der Waals surface area contributed by atoms with E-state index < -0.39 is 18.0 Å². The predicted octanol–water partition coefficient (Wildman–Crippen LogP) is 4.92. The molecule has 0 aromatic heterocycles. The van der Waals surface area contributed by atoms with Gasteiger partial charge in [0.05, 0.1) is 0 Å². The lowest BCUT2D eigenvalue weighted by Crippen LogP contribution is -2.31. The molecule has 0 heterocycles. The van der Waals surface area contributed by atoms with Crippen molar-refractivity contribution in [3.63, 3.8) is 0 Å². The van der Waals surface area contributed by atoms with Crippen molar-refractivity contribution in [1.82, 2.24) is 0 Å². The van der Waals surface area contributed by atoms with Crippen molar-refractivity contribution in [2.24, 2.45) is 0 Å². The molecule has 5 heteroatoms. The van der Waals surface area contributed by atoms with Gasteiger partial charge in [0.25, 0.3) is 5.91 Å². The second kappa shape index (κ2) is 9.74. The second-order valence-corrected chi connectivity index (χ2v) is 7.07. The summed E-state index contributed by atoms with van der Waals surface area (Å²) in [6.45, 7) is 5.25. The van der Waals surface area contributed by atoms with Crippen LogP contribution < -0.4 is 10.1 Å². The molecule has 5 nitrogen and oxygen atoms in total. The molecular formula is C25H25NO4. The summed E-state index contributed by atoms with van der Waals surface area (Å²) < 4.78 is 10.7. The summed E-state index contributed by atoms with van der Waals surface area (Å²) in [6.07, 6.45) is -0.954. The highest BCUT2D eigenvalue weighted by Gasteiger charge is 2.19. The first-order chi connectivity index (χ1) is 14.4. The number of carbonyl (C=O) groups is 2. The topological polar surface area (TPSA) is 64.6 Å².